The van der Waals surface area contributed by atoms with Crippen molar-refractivity contribution in [3.63, 3.8) is 0 Å². The standard InChI is InChI=1S/C18H25N3O2.ClH/c1-20-17(22)14-4-2-3-11(9-14)7-8-21-18(23)15-12-5-6-13(10-12)16(15)19;/h2-4,9,12-13,15-16H,5-8,10,19H2,1H3,(H,20,22)(H,21,23);1H. The molecule has 2 fully saturated rings. The number of hydrogen-bond acceptors (Lipinski definition) is 3. The first-order chi connectivity index (χ1) is 11.1. The highest BCUT2D eigenvalue weighted by atomic mass is 35.5. The average molecular weight is 352 g/mol. The van der Waals surface area contributed by atoms with Crippen LogP contribution < -0.4 is 16.4 Å². The monoisotopic (exact) mass is 351 g/mol. The lowest BCUT2D eigenvalue weighted by Crippen LogP contribution is -2.45. The van der Waals surface area contributed by atoms with Gasteiger partial charge in [0.25, 0.3) is 5.91 Å². The molecule has 2 aliphatic rings. The second-order valence-corrected chi connectivity index (χ2v) is 6.76. The summed E-state index contributed by atoms with van der Waals surface area (Å²) in [5.41, 5.74) is 7.90. The average Bonchev–Trinajstić information content (AvgIpc) is 3.15. The fourth-order valence-corrected chi connectivity index (χ4v) is 4.19. The third-order valence-corrected chi connectivity index (χ3v) is 5.41. The van der Waals surface area contributed by atoms with Crippen molar-refractivity contribution >= 4 is 24.2 Å². The number of rotatable bonds is 5. The van der Waals surface area contributed by atoms with Crippen LogP contribution in [0.3, 0.4) is 0 Å². The zero-order valence-corrected chi connectivity index (χ0v) is 14.8. The number of carbonyl (C=O) groups is 2. The molecule has 1 aromatic carbocycles. The fourth-order valence-electron chi connectivity index (χ4n) is 4.19. The van der Waals surface area contributed by atoms with Gasteiger partial charge in [0.15, 0.2) is 0 Å². The van der Waals surface area contributed by atoms with Crippen molar-refractivity contribution in [3.8, 4) is 0 Å². The molecule has 0 spiro atoms. The van der Waals surface area contributed by atoms with E-state index in [2.05, 4.69) is 10.6 Å². The molecule has 4 atom stereocenters. The van der Waals surface area contributed by atoms with Crippen LogP contribution in [0.5, 0.6) is 0 Å². The Balaban J connectivity index is 0.00000208. The molecule has 1 aromatic rings. The van der Waals surface area contributed by atoms with Gasteiger partial charge in [-0.05, 0) is 55.2 Å². The van der Waals surface area contributed by atoms with E-state index < -0.39 is 0 Å². The maximum atomic E-state index is 12.4. The van der Waals surface area contributed by atoms with Gasteiger partial charge in [0.05, 0.1) is 5.92 Å². The summed E-state index contributed by atoms with van der Waals surface area (Å²) < 4.78 is 0. The van der Waals surface area contributed by atoms with E-state index in [1.54, 1.807) is 13.1 Å². The second kappa shape index (κ2) is 7.99. The Hall–Kier alpha value is -1.59. The van der Waals surface area contributed by atoms with Crippen LogP contribution in [0.2, 0.25) is 0 Å². The number of hydrogen-bond donors (Lipinski definition) is 3. The van der Waals surface area contributed by atoms with Crippen LogP contribution >= 0.6 is 12.4 Å². The minimum absolute atomic E-state index is 0. The molecule has 0 aromatic heterocycles. The Morgan fingerprint density at radius 1 is 1.25 bits per heavy atom. The van der Waals surface area contributed by atoms with Gasteiger partial charge in [0.1, 0.15) is 0 Å². The Morgan fingerprint density at radius 3 is 2.67 bits per heavy atom. The summed E-state index contributed by atoms with van der Waals surface area (Å²) in [4.78, 5) is 24.0. The molecule has 4 N–H and O–H groups in total. The van der Waals surface area contributed by atoms with Crippen molar-refractivity contribution < 1.29 is 9.59 Å². The van der Waals surface area contributed by atoms with Gasteiger partial charge < -0.3 is 16.4 Å². The number of fused-ring (bicyclic) bond motifs is 2. The van der Waals surface area contributed by atoms with Gasteiger partial charge in [0, 0.05) is 25.2 Å². The highest BCUT2D eigenvalue weighted by Crippen LogP contribution is 2.47. The summed E-state index contributed by atoms with van der Waals surface area (Å²) in [6, 6.07) is 7.53. The lowest BCUT2D eigenvalue weighted by molar-refractivity contribution is -0.127. The maximum Gasteiger partial charge on any atom is 0.251 e. The molecule has 0 radical (unpaired) electrons. The zero-order chi connectivity index (χ0) is 16.4. The van der Waals surface area contributed by atoms with E-state index in [0.29, 0.717) is 30.4 Å². The summed E-state index contributed by atoms with van der Waals surface area (Å²) in [5, 5.41) is 5.65. The summed E-state index contributed by atoms with van der Waals surface area (Å²) >= 11 is 0. The van der Waals surface area contributed by atoms with Gasteiger partial charge in [-0.2, -0.15) is 0 Å². The quantitative estimate of drug-likeness (QED) is 0.751. The van der Waals surface area contributed by atoms with E-state index in [0.717, 1.165) is 18.4 Å². The molecular weight excluding hydrogens is 326 g/mol. The summed E-state index contributed by atoms with van der Waals surface area (Å²) in [6.07, 6.45) is 4.16. The number of amides is 2. The molecule has 2 amide bonds. The SMILES string of the molecule is CNC(=O)c1cccc(CCNC(=O)C2C3CCC(C3)C2N)c1.Cl. The van der Waals surface area contributed by atoms with Crippen LogP contribution in [0.4, 0.5) is 0 Å². The third kappa shape index (κ3) is 3.73. The first kappa shape index (κ1) is 18.7. The van der Waals surface area contributed by atoms with Crippen molar-refractivity contribution in [1.29, 1.82) is 0 Å². The molecule has 0 heterocycles. The van der Waals surface area contributed by atoms with Crippen LogP contribution in [-0.4, -0.2) is 31.4 Å². The maximum absolute atomic E-state index is 12.4. The molecule has 0 aliphatic heterocycles. The van der Waals surface area contributed by atoms with Gasteiger partial charge in [-0.3, -0.25) is 9.59 Å². The van der Waals surface area contributed by atoms with Crippen LogP contribution in [0.15, 0.2) is 24.3 Å². The Labute approximate surface area is 149 Å². The van der Waals surface area contributed by atoms with Crippen LogP contribution in [0.1, 0.15) is 35.2 Å². The van der Waals surface area contributed by atoms with Crippen molar-refractivity contribution in [2.24, 2.45) is 23.5 Å². The minimum Gasteiger partial charge on any atom is -0.355 e. The van der Waals surface area contributed by atoms with Gasteiger partial charge in [-0.25, -0.2) is 0 Å². The van der Waals surface area contributed by atoms with Crippen LogP contribution in [-0.2, 0) is 11.2 Å². The fraction of sp³-hybridized carbons (Fsp3) is 0.556. The predicted octanol–water partition coefficient (Wildman–Crippen LogP) is 1.50. The topological polar surface area (TPSA) is 84.2 Å². The van der Waals surface area contributed by atoms with Gasteiger partial charge in [0.2, 0.25) is 5.91 Å². The molecule has 5 nitrogen and oxygen atoms in total. The molecular formula is C18H26ClN3O2. The lowest BCUT2D eigenvalue weighted by Gasteiger charge is -2.27. The first-order valence-electron chi connectivity index (χ1n) is 8.44. The third-order valence-electron chi connectivity index (χ3n) is 5.41. The molecule has 2 bridgehead atoms. The van der Waals surface area contributed by atoms with Crippen molar-refractivity contribution in [2.75, 3.05) is 13.6 Å². The minimum atomic E-state index is -0.0937. The number of nitrogens with two attached hydrogens (primary N) is 1. The zero-order valence-electron chi connectivity index (χ0n) is 14.0. The van der Waals surface area contributed by atoms with Gasteiger partial charge in [-0.1, -0.05) is 12.1 Å². The summed E-state index contributed by atoms with van der Waals surface area (Å²) in [5.74, 6) is 1.02. The smallest absolute Gasteiger partial charge is 0.251 e. The van der Waals surface area contributed by atoms with Crippen LogP contribution in [0.25, 0.3) is 0 Å². The van der Waals surface area contributed by atoms with Crippen LogP contribution in [0, 0.1) is 17.8 Å². The Bertz CT molecular complexity index is 606. The number of carbonyl (C=O) groups excluding carboxylic acids is 2. The van der Waals surface area contributed by atoms with E-state index in [-0.39, 0.29) is 36.2 Å². The normalized spacial score (nSPS) is 27.4. The lowest BCUT2D eigenvalue weighted by atomic mass is 9.84. The molecule has 6 heteroatoms. The van der Waals surface area contributed by atoms with E-state index >= 15 is 0 Å². The second-order valence-electron chi connectivity index (χ2n) is 6.76. The van der Waals surface area contributed by atoms with E-state index in [9.17, 15) is 9.59 Å². The van der Waals surface area contributed by atoms with E-state index in [1.165, 1.54) is 6.42 Å². The summed E-state index contributed by atoms with van der Waals surface area (Å²) in [7, 11) is 1.62. The van der Waals surface area contributed by atoms with Gasteiger partial charge >= 0.3 is 0 Å². The van der Waals surface area contributed by atoms with Crippen molar-refractivity contribution in [1.82, 2.24) is 10.6 Å². The number of nitrogens with one attached hydrogen (secondary N) is 2. The first-order valence-corrected chi connectivity index (χ1v) is 8.44. The number of benzene rings is 1. The number of halogens is 1. The van der Waals surface area contributed by atoms with Crippen molar-refractivity contribution in [3.05, 3.63) is 35.4 Å². The highest BCUT2D eigenvalue weighted by Gasteiger charge is 2.48. The molecule has 24 heavy (non-hydrogen) atoms. The molecule has 2 saturated carbocycles. The Kier molecular flexibility index (Phi) is 6.24. The highest BCUT2D eigenvalue weighted by molar-refractivity contribution is 5.94. The predicted molar refractivity (Wildman–Crippen MR) is 96.1 cm³/mol. The molecule has 2 aliphatic carbocycles. The van der Waals surface area contributed by atoms with Gasteiger partial charge in [-0.15, -0.1) is 12.4 Å². The molecule has 132 valence electrons. The van der Waals surface area contributed by atoms with E-state index in [4.69, 9.17) is 5.73 Å². The molecule has 0 saturated heterocycles. The largest absolute Gasteiger partial charge is 0.355 e. The molecule has 3 rings (SSSR count). The molecule has 4 unspecified atom stereocenters. The van der Waals surface area contributed by atoms with Crippen molar-refractivity contribution in [2.45, 2.75) is 31.7 Å². The summed E-state index contributed by atoms with van der Waals surface area (Å²) in [6.45, 7) is 0.580. The van der Waals surface area contributed by atoms with E-state index in [1.807, 2.05) is 18.2 Å². The Morgan fingerprint density at radius 2 is 2.00 bits per heavy atom.